The predicted octanol–water partition coefficient (Wildman–Crippen LogP) is 1.17. The molecule has 1 aromatic carbocycles. The fraction of sp³-hybridized carbons (Fsp3) is 0.700. The van der Waals surface area contributed by atoms with Crippen LogP contribution in [0.5, 0.6) is 0 Å². The van der Waals surface area contributed by atoms with Crippen LogP contribution in [-0.2, 0) is 10.0 Å². The van der Waals surface area contributed by atoms with Gasteiger partial charge in [-0.3, -0.25) is 4.90 Å². The second-order valence-electron chi connectivity index (χ2n) is 8.42. The molecule has 1 N–H and O–H groups in total. The minimum absolute atomic E-state index is 0.325. The molecule has 1 aromatic rings. The lowest BCUT2D eigenvalue weighted by atomic mass is 9.75. The normalized spacial score (nSPS) is 28.2. The Hall–Kier alpha value is -0.990. The molecule has 7 heteroatoms. The third-order valence-electron chi connectivity index (χ3n) is 6.05. The van der Waals surface area contributed by atoms with Gasteiger partial charge in [0.2, 0.25) is 10.0 Å². The highest BCUT2D eigenvalue weighted by Crippen LogP contribution is 2.36. The highest BCUT2D eigenvalue weighted by molar-refractivity contribution is 7.89. The minimum Gasteiger partial charge on any atom is -0.308 e. The van der Waals surface area contributed by atoms with E-state index >= 15 is 0 Å². The molecule has 3 aliphatic rings. The van der Waals surface area contributed by atoms with Crippen molar-refractivity contribution in [3.05, 3.63) is 30.3 Å². The van der Waals surface area contributed by atoms with Gasteiger partial charge in [0.05, 0.1) is 4.90 Å². The van der Waals surface area contributed by atoms with Crippen LogP contribution in [0.25, 0.3) is 0 Å². The molecule has 6 nitrogen and oxygen atoms in total. The summed E-state index contributed by atoms with van der Waals surface area (Å²) in [5, 5.41) is 0. The zero-order chi connectivity index (χ0) is 19.4. The van der Waals surface area contributed by atoms with Crippen LogP contribution in [0.2, 0.25) is 0 Å². The summed E-state index contributed by atoms with van der Waals surface area (Å²) in [6, 6.07) is 8.98. The van der Waals surface area contributed by atoms with E-state index in [9.17, 15) is 8.42 Å². The highest BCUT2D eigenvalue weighted by atomic mass is 32.2. The van der Waals surface area contributed by atoms with E-state index in [4.69, 9.17) is 0 Å². The van der Waals surface area contributed by atoms with E-state index in [-0.39, 0.29) is 0 Å². The summed E-state index contributed by atoms with van der Waals surface area (Å²) in [6.07, 6.45) is 2.34. The van der Waals surface area contributed by atoms with E-state index in [0.717, 1.165) is 39.1 Å². The maximum atomic E-state index is 12.5. The number of hydrogen-bond acceptors (Lipinski definition) is 5. The maximum Gasteiger partial charge on any atom is 0.240 e. The molecule has 0 spiro atoms. The SMILES string of the molecule is CN(C)CCN(C)CC1CN2CCC1CC2CNS(=O)(=O)c1ccccc1. The van der Waals surface area contributed by atoms with E-state index in [1.165, 1.54) is 6.42 Å². The fourth-order valence-electron chi connectivity index (χ4n) is 4.42. The second kappa shape index (κ2) is 9.01. The van der Waals surface area contributed by atoms with Gasteiger partial charge in [-0.15, -0.1) is 0 Å². The number of sulfonamides is 1. The second-order valence-corrected chi connectivity index (χ2v) is 10.2. The van der Waals surface area contributed by atoms with E-state index in [1.54, 1.807) is 24.3 Å². The Kier molecular flexibility index (Phi) is 6.92. The van der Waals surface area contributed by atoms with Gasteiger partial charge in [0.25, 0.3) is 0 Å². The fourth-order valence-corrected chi connectivity index (χ4v) is 5.51. The average Bonchev–Trinajstić information content (AvgIpc) is 2.66. The van der Waals surface area contributed by atoms with Gasteiger partial charge in [-0.2, -0.15) is 0 Å². The Labute approximate surface area is 164 Å². The van der Waals surface area contributed by atoms with Crippen LogP contribution in [0, 0.1) is 11.8 Å². The smallest absolute Gasteiger partial charge is 0.240 e. The Balaban J connectivity index is 1.50. The largest absolute Gasteiger partial charge is 0.308 e. The number of benzene rings is 1. The zero-order valence-electron chi connectivity index (χ0n) is 16.8. The van der Waals surface area contributed by atoms with Gasteiger partial charge in [-0.25, -0.2) is 13.1 Å². The summed E-state index contributed by atoms with van der Waals surface area (Å²) < 4.78 is 27.8. The van der Waals surface area contributed by atoms with Crippen molar-refractivity contribution >= 4 is 10.0 Å². The molecule has 2 bridgehead atoms. The molecular formula is C20H34N4O2S. The molecule has 152 valence electrons. The lowest BCUT2D eigenvalue weighted by Gasteiger charge is -2.50. The number of hydrogen-bond donors (Lipinski definition) is 1. The Morgan fingerprint density at radius 2 is 1.89 bits per heavy atom. The van der Waals surface area contributed by atoms with Crippen LogP contribution in [0.3, 0.4) is 0 Å². The van der Waals surface area contributed by atoms with E-state index in [1.807, 2.05) is 6.07 Å². The van der Waals surface area contributed by atoms with E-state index < -0.39 is 10.0 Å². The molecule has 4 unspecified atom stereocenters. The van der Waals surface area contributed by atoms with Crippen LogP contribution in [0.4, 0.5) is 0 Å². The van der Waals surface area contributed by atoms with Crippen LogP contribution in [-0.4, -0.2) is 89.6 Å². The van der Waals surface area contributed by atoms with Crippen molar-refractivity contribution in [2.24, 2.45) is 11.8 Å². The zero-order valence-corrected chi connectivity index (χ0v) is 17.7. The summed E-state index contributed by atoms with van der Waals surface area (Å²) in [5.74, 6) is 1.41. The van der Waals surface area contributed by atoms with Gasteiger partial charge in [0.1, 0.15) is 0 Å². The molecule has 0 radical (unpaired) electrons. The van der Waals surface area contributed by atoms with Gasteiger partial charge in [-0.1, -0.05) is 18.2 Å². The lowest BCUT2D eigenvalue weighted by Crippen LogP contribution is -2.58. The van der Waals surface area contributed by atoms with Crippen LogP contribution in [0.15, 0.2) is 35.2 Å². The van der Waals surface area contributed by atoms with E-state index in [0.29, 0.717) is 29.3 Å². The van der Waals surface area contributed by atoms with Gasteiger partial charge < -0.3 is 9.80 Å². The van der Waals surface area contributed by atoms with Gasteiger partial charge in [0, 0.05) is 38.8 Å². The first-order chi connectivity index (χ1) is 12.8. The van der Waals surface area contributed by atoms with E-state index in [2.05, 4.69) is 40.6 Å². The minimum atomic E-state index is -3.41. The van der Waals surface area contributed by atoms with Crippen molar-refractivity contribution in [3.63, 3.8) is 0 Å². The van der Waals surface area contributed by atoms with Crippen molar-refractivity contribution in [2.75, 3.05) is 60.4 Å². The number of fused-ring (bicyclic) bond motifs is 3. The summed E-state index contributed by atoms with van der Waals surface area (Å²) in [6.45, 7) is 6.02. The standard InChI is InChI=1S/C20H34N4O2S/c1-22(2)11-12-23(3)15-18-16-24-10-9-17(18)13-19(24)14-21-27(25,26)20-7-5-4-6-8-20/h4-8,17-19,21H,9-16H2,1-3H3. The van der Waals surface area contributed by atoms with Crippen LogP contribution < -0.4 is 4.72 Å². The number of nitrogens with one attached hydrogen (secondary N) is 1. The Bertz CT molecular complexity index is 695. The van der Waals surface area contributed by atoms with Crippen LogP contribution >= 0.6 is 0 Å². The highest BCUT2D eigenvalue weighted by Gasteiger charge is 2.40. The van der Waals surface area contributed by atoms with Crippen molar-refractivity contribution < 1.29 is 8.42 Å². The number of rotatable bonds is 9. The Morgan fingerprint density at radius 3 is 2.52 bits per heavy atom. The van der Waals surface area contributed by atoms with Crippen molar-refractivity contribution in [1.82, 2.24) is 19.4 Å². The van der Waals surface area contributed by atoms with Crippen molar-refractivity contribution in [3.8, 4) is 0 Å². The number of nitrogens with zero attached hydrogens (tertiary/aromatic N) is 3. The van der Waals surface area contributed by atoms with Gasteiger partial charge in [0.15, 0.2) is 0 Å². The quantitative estimate of drug-likeness (QED) is 0.681. The maximum absolute atomic E-state index is 12.5. The first-order valence-corrected chi connectivity index (χ1v) is 11.5. The molecule has 27 heavy (non-hydrogen) atoms. The van der Waals surface area contributed by atoms with Gasteiger partial charge in [-0.05, 0) is 64.5 Å². The van der Waals surface area contributed by atoms with Gasteiger partial charge >= 0.3 is 0 Å². The lowest BCUT2D eigenvalue weighted by molar-refractivity contribution is -0.00782. The molecular weight excluding hydrogens is 360 g/mol. The average molecular weight is 395 g/mol. The molecule has 3 saturated heterocycles. The molecule has 0 amide bonds. The molecule has 3 fully saturated rings. The first kappa shape index (κ1) is 20.7. The topological polar surface area (TPSA) is 55.9 Å². The number of likely N-dealkylation sites (N-methyl/N-ethyl adjacent to an activating group) is 2. The third-order valence-corrected chi connectivity index (χ3v) is 7.49. The van der Waals surface area contributed by atoms with Crippen molar-refractivity contribution in [2.45, 2.75) is 23.8 Å². The summed E-state index contributed by atoms with van der Waals surface area (Å²) in [5.41, 5.74) is 0. The number of piperidine rings is 3. The molecule has 0 saturated carbocycles. The third kappa shape index (κ3) is 5.51. The summed E-state index contributed by atoms with van der Waals surface area (Å²) in [4.78, 5) is 7.51. The molecule has 4 rings (SSSR count). The molecule has 3 heterocycles. The summed E-state index contributed by atoms with van der Waals surface area (Å²) in [7, 11) is 3.03. The molecule has 0 aliphatic carbocycles. The first-order valence-electron chi connectivity index (χ1n) is 9.97. The molecule has 4 atom stereocenters. The molecule has 0 aromatic heterocycles. The predicted molar refractivity (Wildman–Crippen MR) is 109 cm³/mol. The van der Waals surface area contributed by atoms with Crippen LogP contribution in [0.1, 0.15) is 12.8 Å². The monoisotopic (exact) mass is 394 g/mol. The molecule has 3 aliphatic heterocycles. The van der Waals surface area contributed by atoms with Crippen molar-refractivity contribution in [1.29, 1.82) is 0 Å². The Morgan fingerprint density at radius 1 is 1.15 bits per heavy atom. The summed E-state index contributed by atoms with van der Waals surface area (Å²) >= 11 is 0.